The molecule has 0 aliphatic rings. The number of carbonyl (C=O) groups excluding carboxylic acids is 1. The molecule has 114 valence electrons. The zero-order chi connectivity index (χ0) is 14.5. The molecule has 0 saturated carbocycles. The molecule has 1 amide bonds. The molecule has 0 fully saturated rings. The van der Waals surface area contributed by atoms with E-state index in [1.807, 2.05) is 0 Å². The lowest BCUT2D eigenvalue weighted by molar-refractivity contribution is -0.120. The number of amides is 1. The third-order valence-corrected chi connectivity index (χ3v) is 3.43. The molecule has 4 heteroatoms. The molecule has 3 N–H and O–H groups in total. The Hall–Kier alpha value is -0.610. The van der Waals surface area contributed by atoms with Gasteiger partial charge in [-0.15, -0.1) is 0 Å². The van der Waals surface area contributed by atoms with Crippen LogP contribution in [0.25, 0.3) is 0 Å². The van der Waals surface area contributed by atoms with Crippen molar-refractivity contribution in [1.29, 1.82) is 0 Å². The molecule has 2 unspecified atom stereocenters. The van der Waals surface area contributed by atoms with Gasteiger partial charge in [0, 0.05) is 13.2 Å². The molecule has 0 saturated heterocycles. The van der Waals surface area contributed by atoms with Crippen molar-refractivity contribution in [2.24, 2.45) is 11.7 Å². The van der Waals surface area contributed by atoms with E-state index in [4.69, 9.17) is 10.5 Å². The Balaban J connectivity index is 3.76. The van der Waals surface area contributed by atoms with Crippen molar-refractivity contribution in [3.63, 3.8) is 0 Å². The van der Waals surface area contributed by atoms with Crippen molar-refractivity contribution >= 4 is 5.91 Å². The first kappa shape index (κ1) is 18.4. The third kappa shape index (κ3) is 9.91. The van der Waals surface area contributed by atoms with Gasteiger partial charge >= 0.3 is 0 Å². The summed E-state index contributed by atoms with van der Waals surface area (Å²) in [4.78, 5) is 11.2. The fraction of sp³-hybridized carbons (Fsp3) is 0.933. The Morgan fingerprint density at radius 1 is 1.21 bits per heavy atom. The zero-order valence-corrected chi connectivity index (χ0v) is 12.9. The number of hydrogen-bond donors (Lipinski definition) is 2. The van der Waals surface area contributed by atoms with Gasteiger partial charge in [-0.25, -0.2) is 0 Å². The topological polar surface area (TPSA) is 64.3 Å². The smallest absolute Gasteiger partial charge is 0.234 e. The second kappa shape index (κ2) is 12.4. The molecular formula is C15H32N2O2. The minimum atomic E-state index is -0.282. The van der Waals surface area contributed by atoms with Crippen LogP contribution >= 0.6 is 0 Å². The summed E-state index contributed by atoms with van der Waals surface area (Å²) in [5.74, 6) is 0.366. The molecule has 0 bridgehead atoms. The maximum Gasteiger partial charge on any atom is 0.234 e. The highest BCUT2D eigenvalue weighted by Gasteiger charge is 2.14. The number of nitrogens with one attached hydrogen (secondary N) is 1. The molecule has 0 aromatic carbocycles. The van der Waals surface area contributed by atoms with Crippen molar-refractivity contribution < 1.29 is 9.53 Å². The molecule has 0 heterocycles. The predicted molar refractivity (Wildman–Crippen MR) is 80.0 cm³/mol. The Kier molecular flexibility index (Phi) is 12.0. The lowest BCUT2D eigenvalue weighted by atomic mass is 10.0. The number of hydrogen-bond acceptors (Lipinski definition) is 3. The van der Waals surface area contributed by atoms with E-state index in [2.05, 4.69) is 26.1 Å². The standard InChI is InChI=1S/C15H32N2O2/c1-4-7-8-13(6-3)12-19-11-9-14(15(16)18)17-10-5-2/h13-14,17H,4-12H2,1-3H3,(H2,16,18). The predicted octanol–water partition coefficient (Wildman–Crippen LogP) is 2.46. The Bertz CT molecular complexity index is 222. The molecule has 0 rings (SSSR count). The molecule has 4 nitrogen and oxygen atoms in total. The highest BCUT2D eigenvalue weighted by atomic mass is 16.5. The fourth-order valence-corrected chi connectivity index (χ4v) is 2.01. The monoisotopic (exact) mass is 272 g/mol. The van der Waals surface area contributed by atoms with Crippen LogP contribution in [0.3, 0.4) is 0 Å². The summed E-state index contributed by atoms with van der Waals surface area (Å²) in [6, 6.07) is -0.254. The first-order valence-corrected chi connectivity index (χ1v) is 7.76. The van der Waals surface area contributed by atoms with Gasteiger partial charge in [-0.2, -0.15) is 0 Å². The average Bonchev–Trinajstić information content (AvgIpc) is 2.40. The van der Waals surface area contributed by atoms with Crippen molar-refractivity contribution in [2.45, 2.75) is 65.3 Å². The van der Waals surface area contributed by atoms with E-state index in [9.17, 15) is 4.79 Å². The van der Waals surface area contributed by atoms with Gasteiger partial charge in [-0.05, 0) is 31.7 Å². The second-order valence-electron chi connectivity index (χ2n) is 5.19. The molecular weight excluding hydrogens is 240 g/mol. The molecule has 0 aromatic rings. The van der Waals surface area contributed by atoms with E-state index in [1.165, 1.54) is 19.3 Å². The number of primary amides is 1. The maximum atomic E-state index is 11.2. The molecule has 0 spiro atoms. The Labute approximate surface area is 118 Å². The van der Waals surface area contributed by atoms with Crippen LogP contribution in [-0.4, -0.2) is 31.7 Å². The SMILES string of the molecule is CCCCC(CC)COCCC(NCCC)C(N)=O. The van der Waals surface area contributed by atoms with Gasteiger partial charge in [0.2, 0.25) is 5.91 Å². The van der Waals surface area contributed by atoms with Crippen molar-refractivity contribution in [3.05, 3.63) is 0 Å². The van der Waals surface area contributed by atoms with Crippen LogP contribution in [0.1, 0.15) is 59.3 Å². The largest absolute Gasteiger partial charge is 0.381 e. The normalized spacial score (nSPS) is 14.3. The van der Waals surface area contributed by atoms with Crippen molar-refractivity contribution in [1.82, 2.24) is 5.32 Å². The number of carbonyl (C=O) groups is 1. The molecule has 0 aliphatic carbocycles. The minimum Gasteiger partial charge on any atom is -0.381 e. The first-order valence-electron chi connectivity index (χ1n) is 7.76. The zero-order valence-electron chi connectivity index (χ0n) is 12.9. The van der Waals surface area contributed by atoms with E-state index in [-0.39, 0.29) is 11.9 Å². The van der Waals surface area contributed by atoms with E-state index < -0.39 is 0 Å². The Morgan fingerprint density at radius 2 is 1.95 bits per heavy atom. The molecule has 0 aromatic heterocycles. The van der Waals surface area contributed by atoms with E-state index in [0.717, 1.165) is 26.0 Å². The van der Waals surface area contributed by atoms with Crippen LogP contribution < -0.4 is 11.1 Å². The number of rotatable bonds is 13. The fourth-order valence-electron chi connectivity index (χ4n) is 2.01. The number of unbranched alkanes of at least 4 members (excludes halogenated alkanes) is 1. The average molecular weight is 272 g/mol. The van der Waals surface area contributed by atoms with Crippen LogP contribution in [-0.2, 0) is 9.53 Å². The van der Waals surface area contributed by atoms with Gasteiger partial charge < -0.3 is 15.8 Å². The Morgan fingerprint density at radius 3 is 2.47 bits per heavy atom. The molecule has 0 radical (unpaired) electrons. The molecule has 19 heavy (non-hydrogen) atoms. The summed E-state index contributed by atoms with van der Waals surface area (Å²) in [6.45, 7) is 8.72. The summed E-state index contributed by atoms with van der Waals surface area (Å²) in [7, 11) is 0. The number of nitrogens with two attached hydrogens (primary N) is 1. The van der Waals surface area contributed by atoms with Gasteiger partial charge in [0.1, 0.15) is 0 Å². The van der Waals surface area contributed by atoms with Crippen LogP contribution in [0.2, 0.25) is 0 Å². The van der Waals surface area contributed by atoms with Crippen LogP contribution in [0.15, 0.2) is 0 Å². The summed E-state index contributed by atoms with van der Waals surface area (Å²) in [5.41, 5.74) is 5.35. The highest BCUT2D eigenvalue weighted by Crippen LogP contribution is 2.12. The second-order valence-corrected chi connectivity index (χ2v) is 5.19. The molecule has 0 aliphatic heterocycles. The lowest BCUT2D eigenvalue weighted by Gasteiger charge is -2.17. The minimum absolute atomic E-state index is 0.254. The van der Waals surface area contributed by atoms with E-state index >= 15 is 0 Å². The summed E-state index contributed by atoms with van der Waals surface area (Å²) < 4.78 is 5.70. The first-order chi connectivity index (χ1) is 9.15. The van der Waals surface area contributed by atoms with Gasteiger partial charge in [-0.1, -0.05) is 40.0 Å². The third-order valence-electron chi connectivity index (χ3n) is 3.43. The lowest BCUT2D eigenvalue weighted by Crippen LogP contribution is -2.42. The summed E-state index contributed by atoms with van der Waals surface area (Å²) >= 11 is 0. The van der Waals surface area contributed by atoms with E-state index in [1.54, 1.807) is 0 Å². The van der Waals surface area contributed by atoms with Gasteiger partial charge in [0.05, 0.1) is 6.04 Å². The van der Waals surface area contributed by atoms with Gasteiger partial charge in [-0.3, -0.25) is 4.79 Å². The van der Waals surface area contributed by atoms with Crippen molar-refractivity contribution in [2.75, 3.05) is 19.8 Å². The summed E-state index contributed by atoms with van der Waals surface area (Å²) in [5, 5.41) is 3.15. The van der Waals surface area contributed by atoms with Crippen LogP contribution in [0.4, 0.5) is 0 Å². The number of ether oxygens (including phenoxy) is 1. The van der Waals surface area contributed by atoms with Crippen LogP contribution in [0.5, 0.6) is 0 Å². The van der Waals surface area contributed by atoms with E-state index in [0.29, 0.717) is 18.9 Å². The quantitative estimate of drug-likeness (QED) is 0.506. The van der Waals surface area contributed by atoms with Crippen LogP contribution in [0, 0.1) is 5.92 Å². The van der Waals surface area contributed by atoms with Gasteiger partial charge in [0.25, 0.3) is 0 Å². The maximum absolute atomic E-state index is 11.2. The molecule has 2 atom stereocenters. The summed E-state index contributed by atoms with van der Waals surface area (Å²) in [6.07, 6.45) is 6.57. The van der Waals surface area contributed by atoms with Gasteiger partial charge in [0.15, 0.2) is 0 Å². The van der Waals surface area contributed by atoms with Crippen molar-refractivity contribution in [3.8, 4) is 0 Å². The highest BCUT2D eigenvalue weighted by molar-refractivity contribution is 5.79.